The third kappa shape index (κ3) is 8.87. The molecule has 0 heteroatoms. The number of hydrogen-bond donors (Lipinski definition) is 0. The fraction of sp³-hybridized carbons (Fsp3) is 0.429. The van der Waals surface area contributed by atoms with Crippen molar-refractivity contribution >= 4 is 0 Å². The molecule has 0 aliphatic rings. The van der Waals surface area contributed by atoms with Crippen molar-refractivity contribution in [2.75, 3.05) is 0 Å². The summed E-state index contributed by atoms with van der Waals surface area (Å²) in [6.45, 7) is 19.8. The van der Waals surface area contributed by atoms with E-state index in [-0.39, 0.29) is 5.41 Å². The average Bonchev–Trinajstić information content (AvgIpc) is 2.24. The average molecular weight is 192 g/mol. The second kappa shape index (κ2) is 11.8. The van der Waals surface area contributed by atoms with E-state index in [1.165, 1.54) is 0 Å². The Balaban J connectivity index is -0.000000266. The van der Waals surface area contributed by atoms with Crippen LogP contribution in [-0.2, 0) is 0 Å². The van der Waals surface area contributed by atoms with Gasteiger partial charge in [-0.25, -0.2) is 0 Å². The lowest BCUT2D eigenvalue weighted by atomic mass is 9.86. The Labute approximate surface area is 90.4 Å². The molecule has 80 valence electrons. The molecule has 0 aromatic heterocycles. The lowest BCUT2D eigenvalue weighted by molar-refractivity contribution is 0.626. The van der Waals surface area contributed by atoms with Crippen molar-refractivity contribution in [2.24, 2.45) is 5.41 Å². The SMILES string of the molecule is C#CC(C)(C)C(=C)/C=C\C.C=C.CC. The molecule has 0 fully saturated rings. The maximum Gasteiger partial charge on any atom is 0.0498 e. The van der Waals surface area contributed by atoms with Gasteiger partial charge in [-0.2, -0.15) is 0 Å². The van der Waals surface area contributed by atoms with E-state index < -0.39 is 0 Å². The molecule has 0 aliphatic carbocycles. The molecule has 0 N–H and O–H groups in total. The Morgan fingerprint density at radius 2 is 1.64 bits per heavy atom. The van der Waals surface area contributed by atoms with Crippen LogP contribution in [0.25, 0.3) is 0 Å². The molecule has 0 bridgehead atoms. The van der Waals surface area contributed by atoms with E-state index in [9.17, 15) is 0 Å². The summed E-state index contributed by atoms with van der Waals surface area (Å²) in [7, 11) is 0. The van der Waals surface area contributed by atoms with Crippen LogP contribution < -0.4 is 0 Å². The topological polar surface area (TPSA) is 0 Å². The zero-order valence-electron chi connectivity index (χ0n) is 10.4. The minimum Gasteiger partial charge on any atom is -0.119 e. The van der Waals surface area contributed by atoms with E-state index in [0.29, 0.717) is 0 Å². The Hall–Kier alpha value is -1.22. The molecular weight excluding hydrogens is 168 g/mol. The van der Waals surface area contributed by atoms with Crippen LogP contribution in [0, 0.1) is 17.8 Å². The van der Waals surface area contributed by atoms with Gasteiger partial charge in [0, 0.05) is 5.41 Å². The van der Waals surface area contributed by atoms with E-state index in [2.05, 4.69) is 25.7 Å². The molecule has 0 rings (SSSR count). The van der Waals surface area contributed by atoms with Gasteiger partial charge in [0.05, 0.1) is 0 Å². The predicted molar refractivity (Wildman–Crippen MR) is 69.2 cm³/mol. The van der Waals surface area contributed by atoms with Crippen molar-refractivity contribution < 1.29 is 0 Å². The smallest absolute Gasteiger partial charge is 0.0498 e. The van der Waals surface area contributed by atoms with Gasteiger partial charge in [0.15, 0.2) is 0 Å². The highest BCUT2D eigenvalue weighted by molar-refractivity contribution is 5.29. The second-order valence-electron chi connectivity index (χ2n) is 2.79. The molecule has 0 saturated heterocycles. The summed E-state index contributed by atoms with van der Waals surface area (Å²) in [6, 6.07) is 0. The quantitative estimate of drug-likeness (QED) is 0.340. The maximum absolute atomic E-state index is 5.29. The molecule has 0 amide bonds. The van der Waals surface area contributed by atoms with Gasteiger partial charge in [-0.15, -0.1) is 19.6 Å². The Kier molecular flexibility index (Phi) is 15.6. The molecule has 0 heterocycles. The van der Waals surface area contributed by atoms with Gasteiger partial charge in [-0.1, -0.05) is 38.5 Å². The van der Waals surface area contributed by atoms with Gasteiger partial charge < -0.3 is 0 Å². The van der Waals surface area contributed by atoms with Crippen molar-refractivity contribution in [1.29, 1.82) is 0 Å². The van der Waals surface area contributed by atoms with Gasteiger partial charge in [-0.05, 0) is 26.3 Å². The van der Waals surface area contributed by atoms with Crippen LogP contribution >= 0.6 is 0 Å². The molecule has 0 radical (unpaired) electrons. The largest absolute Gasteiger partial charge is 0.119 e. The van der Waals surface area contributed by atoms with Crippen molar-refractivity contribution in [2.45, 2.75) is 34.6 Å². The Morgan fingerprint density at radius 1 is 1.29 bits per heavy atom. The molecule has 0 unspecified atom stereocenters. The fourth-order valence-corrected chi connectivity index (χ4v) is 0.502. The first kappa shape index (κ1) is 18.5. The summed E-state index contributed by atoms with van der Waals surface area (Å²) in [5.41, 5.74) is 0.782. The van der Waals surface area contributed by atoms with Gasteiger partial charge in [0.25, 0.3) is 0 Å². The third-order valence-corrected chi connectivity index (χ3v) is 1.53. The molecule has 0 spiro atoms. The predicted octanol–water partition coefficient (Wildman–Crippen LogP) is 4.61. The van der Waals surface area contributed by atoms with Crippen molar-refractivity contribution in [3.8, 4) is 12.3 Å². The van der Waals surface area contributed by atoms with Crippen LogP contribution in [0.1, 0.15) is 34.6 Å². The van der Waals surface area contributed by atoms with Gasteiger partial charge in [0.1, 0.15) is 0 Å². The molecule has 0 nitrogen and oxygen atoms in total. The first-order valence-corrected chi connectivity index (χ1v) is 4.84. The first-order valence-electron chi connectivity index (χ1n) is 4.84. The summed E-state index contributed by atoms with van der Waals surface area (Å²) >= 11 is 0. The highest BCUT2D eigenvalue weighted by Crippen LogP contribution is 2.23. The van der Waals surface area contributed by atoms with E-state index in [1.807, 2.05) is 46.8 Å². The van der Waals surface area contributed by atoms with Gasteiger partial charge in [-0.3, -0.25) is 0 Å². The number of terminal acetylenes is 1. The van der Waals surface area contributed by atoms with Crippen LogP contribution in [0.15, 0.2) is 37.5 Å². The van der Waals surface area contributed by atoms with Crippen LogP contribution in [-0.4, -0.2) is 0 Å². The van der Waals surface area contributed by atoms with Crippen LogP contribution in [0.5, 0.6) is 0 Å². The van der Waals surface area contributed by atoms with E-state index in [1.54, 1.807) is 0 Å². The van der Waals surface area contributed by atoms with E-state index >= 15 is 0 Å². The molecule has 14 heavy (non-hydrogen) atoms. The highest BCUT2D eigenvalue weighted by Gasteiger charge is 2.14. The molecule has 0 aliphatic heterocycles. The Morgan fingerprint density at radius 3 is 1.86 bits per heavy atom. The summed E-state index contributed by atoms with van der Waals surface area (Å²) in [6.07, 6.45) is 9.18. The number of allylic oxidation sites excluding steroid dienone is 3. The van der Waals surface area contributed by atoms with Crippen LogP contribution in [0.2, 0.25) is 0 Å². The molecule has 0 atom stereocenters. The zero-order valence-corrected chi connectivity index (χ0v) is 10.4. The molecule has 0 aromatic rings. The molecular formula is C14H24. The lowest BCUT2D eigenvalue weighted by Gasteiger charge is -2.17. The second-order valence-corrected chi connectivity index (χ2v) is 2.79. The zero-order chi connectivity index (χ0) is 12.2. The normalized spacial score (nSPS) is 8.86. The summed E-state index contributed by atoms with van der Waals surface area (Å²) < 4.78 is 0. The Bertz CT molecular complexity index is 199. The first-order chi connectivity index (χ1) is 6.54. The van der Waals surface area contributed by atoms with Crippen molar-refractivity contribution in [3.05, 3.63) is 37.5 Å². The van der Waals surface area contributed by atoms with Gasteiger partial charge >= 0.3 is 0 Å². The standard InChI is InChI=1S/C10H14.C2H6.C2H4/c1-6-8-9(3)10(4,5)7-2;2*1-2/h2,6,8H,3H2,1,4-5H3;1-2H3;1-2H2/b8-6-;;. The molecule has 0 aromatic carbocycles. The minimum absolute atomic E-state index is 0.202. The summed E-state index contributed by atoms with van der Waals surface area (Å²) in [4.78, 5) is 0. The van der Waals surface area contributed by atoms with E-state index in [4.69, 9.17) is 6.42 Å². The van der Waals surface area contributed by atoms with E-state index in [0.717, 1.165) is 5.57 Å². The lowest BCUT2D eigenvalue weighted by Crippen LogP contribution is -2.08. The van der Waals surface area contributed by atoms with Crippen molar-refractivity contribution in [3.63, 3.8) is 0 Å². The molecule has 0 saturated carbocycles. The van der Waals surface area contributed by atoms with Gasteiger partial charge in [0.2, 0.25) is 0 Å². The highest BCUT2D eigenvalue weighted by atomic mass is 14.2. The third-order valence-electron chi connectivity index (χ3n) is 1.53. The number of hydrogen-bond acceptors (Lipinski definition) is 0. The van der Waals surface area contributed by atoms with Crippen LogP contribution in [0.3, 0.4) is 0 Å². The van der Waals surface area contributed by atoms with Crippen molar-refractivity contribution in [1.82, 2.24) is 0 Å². The fourth-order valence-electron chi connectivity index (χ4n) is 0.502. The monoisotopic (exact) mass is 192 g/mol. The summed E-state index contributed by atoms with van der Waals surface area (Å²) in [5, 5.41) is 0. The number of rotatable bonds is 2. The minimum atomic E-state index is -0.202. The van der Waals surface area contributed by atoms with Crippen LogP contribution in [0.4, 0.5) is 0 Å². The summed E-state index contributed by atoms with van der Waals surface area (Å²) in [5.74, 6) is 2.68. The maximum atomic E-state index is 5.29.